The van der Waals surface area contributed by atoms with Crippen LogP contribution in [0.15, 0.2) is 24.3 Å². The molecule has 10 heteroatoms. The van der Waals surface area contributed by atoms with Crippen LogP contribution in [0.5, 0.6) is 11.5 Å². The minimum absolute atomic E-state index is 0. The number of nitrogens with one attached hydrogen (secondary N) is 2. The molecule has 1 atom stereocenters. The third-order valence-electron chi connectivity index (χ3n) is 8.95. The molecule has 1 aromatic heterocycles. The van der Waals surface area contributed by atoms with Crippen molar-refractivity contribution in [1.82, 2.24) is 30.2 Å². The third kappa shape index (κ3) is 7.64. The van der Waals surface area contributed by atoms with Gasteiger partial charge in [-0.15, -0.1) is 0 Å². The summed E-state index contributed by atoms with van der Waals surface area (Å²) in [6, 6.07) is 7.75. The maximum Gasteiger partial charge on any atom is 0.272 e. The van der Waals surface area contributed by atoms with E-state index in [-0.39, 0.29) is 43.8 Å². The highest BCUT2D eigenvalue weighted by Crippen LogP contribution is 2.41. The quantitative estimate of drug-likeness (QED) is 0.388. The molecule has 10 nitrogen and oxygen atoms in total. The first-order valence-corrected chi connectivity index (χ1v) is 15.3. The van der Waals surface area contributed by atoms with Crippen LogP contribution in [0, 0.1) is 0 Å². The second-order valence-corrected chi connectivity index (χ2v) is 11.8. The van der Waals surface area contributed by atoms with Gasteiger partial charge in [-0.05, 0) is 63.8 Å². The standard InChI is InChI=1S/C31H46N6O4.CH4/c1-35-16-18-36(19-17-35)15-14-23(20-29(38)32-22-8-6-9-22)33-31(39)25-21-26(37(34-25)24-10-4-5-11-24)30-27(40-2)12-7-13-28(30)41-3;/h7,12-13,21-24H,4-6,8-11,14-20H2,1-3H3,(H,32,38)(H,33,39);1H4/t23-;/m0./s1. The summed E-state index contributed by atoms with van der Waals surface area (Å²) in [5.41, 5.74) is 1.96. The van der Waals surface area contributed by atoms with Gasteiger partial charge < -0.3 is 29.9 Å². The van der Waals surface area contributed by atoms with Crippen molar-refractivity contribution in [3.05, 3.63) is 30.0 Å². The number of carbonyl (C=O) groups is 2. The summed E-state index contributed by atoms with van der Waals surface area (Å²) in [6.45, 7) is 4.91. The molecule has 3 fully saturated rings. The van der Waals surface area contributed by atoms with E-state index in [9.17, 15) is 9.59 Å². The first-order valence-electron chi connectivity index (χ1n) is 15.3. The van der Waals surface area contributed by atoms with Gasteiger partial charge in [0.25, 0.3) is 5.91 Å². The summed E-state index contributed by atoms with van der Waals surface area (Å²) >= 11 is 0. The Balaban J connectivity index is 0.00000405. The maximum atomic E-state index is 13.7. The predicted molar refractivity (Wildman–Crippen MR) is 165 cm³/mol. The molecule has 2 aliphatic carbocycles. The number of ether oxygens (including phenoxy) is 2. The van der Waals surface area contributed by atoms with Crippen LogP contribution in [-0.4, -0.2) is 97.5 Å². The Kier molecular flexibility index (Phi) is 11.3. The van der Waals surface area contributed by atoms with Crippen molar-refractivity contribution in [1.29, 1.82) is 0 Å². The fourth-order valence-corrected chi connectivity index (χ4v) is 6.18. The summed E-state index contributed by atoms with van der Waals surface area (Å²) in [4.78, 5) is 31.4. The van der Waals surface area contributed by atoms with Crippen molar-refractivity contribution in [2.45, 2.75) is 83.3 Å². The molecule has 2 amide bonds. The molecule has 2 heterocycles. The lowest BCUT2D eigenvalue weighted by Gasteiger charge is -2.33. The van der Waals surface area contributed by atoms with Gasteiger partial charge in [0, 0.05) is 51.2 Å². The van der Waals surface area contributed by atoms with Crippen LogP contribution in [0.1, 0.15) is 81.7 Å². The number of rotatable bonds is 12. The van der Waals surface area contributed by atoms with Gasteiger partial charge in [0.1, 0.15) is 11.5 Å². The number of hydrogen-bond acceptors (Lipinski definition) is 7. The molecule has 0 radical (unpaired) electrons. The number of amides is 2. The largest absolute Gasteiger partial charge is 0.496 e. The number of likely N-dealkylation sites (N-methyl/N-ethyl adjacent to an activating group) is 1. The molecule has 3 aliphatic rings. The molecule has 0 bridgehead atoms. The summed E-state index contributed by atoms with van der Waals surface area (Å²) in [6.07, 6.45) is 8.53. The number of methoxy groups -OCH3 is 2. The number of hydrogen-bond donors (Lipinski definition) is 2. The highest BCUT2D eigenvalue weighted by atomic mass is 16.5. The zero-order valence-electron chi connectivity index (χ0n) is 24.9. The lowest BCUT2D eigenvalue weighted by atomic mass is 9.93. The highest BCUT2D eigenvalue weighted by molar-refractivity contribution is 5.94. The van der Waals surface area contributed by atoms with Crippen LogP contribution in [0.3, 0.4) is 0 Å². The first-order chi connectivity index (χ1) is 19.9. The molecule has 0 spiro atoms. The molecule has 2 aromatic rings. The SMILES string of the molecule is C.COc1cccc(OC)c1-c1cc(C(=O)N[C@@H](CCN2CCN(C)CC2)CC(=O)NC2CCC2)nn1C1CCCC1. The van der Waals surface area contributed by atoms with Gasteiger partial charge in [-0.3, -0.25) is 14.3 Å². The van der Waals surface area contributed by atoms with E-state index in [1.807, 2.05) is 28.9 Å². The smallest absolute Gasteiger partial charge is 0.272 e. The molecular weight excluding hydrogens is 532 g/mol. The first kappa shape index (κ1) is 31.8. The minimum atomic E-state index is -0.275. The molecule has 1 aliphatic heterocycles. The van der Waals surface area contributed by atoms with E-state index in [1.54, 1.807) is 14.2 Å². The van der Waals surface area contributed by atoms with E-state index in [0.29, 0.717) is 23.6 Å². The second kappa shape index (κ2) is 14.9. The van der Waals surface area contributed by atoms with E-state index < -0.39 is 0 Å². The molecule has 1 saturated heterocycles. The van der Waals surface area contributed by atoms with Crippen LogP contribution in [-0.2, 0) is 4.79 Å². The average Bonchev–Trinajstić information content (AvgIpc) is 3.64. The van der Waals surface area contributed by atoms with Crippen molar-refractivity contribution in [2.24, 2.45) is 0 Å². The Bertz CT molecular complexity index is 1160. The van der Waals surface area contributed by atoms with Crippen molar-refractivity contribution >= 4 is 11.8 Å². The maximum absolute atomic E-state index is 13.7. The van der Waals surface area contributed by atoms with Gasteiger partial charge in [-0.25, -0.2) is 0 Å². The zero-order valence-corrected chi connectivity index (χ0v) is 24.9. The van der Waals surface area contributed by atoms with E-state index in [1.165, 1.54) is 0 Å². The lowest BCUT2D eigenvalue weighted by molar-refractivity contribution is -0.122. The van der Waals surface area contributed by atoms with Crippen molar-refractivity contribution < 1.29 is 19.1 Å². The fraction of sp³-hybridized carbons (Fsp3) is 0.656. The van der Waals surface area contributed by atoms with E-state index in [0.717, 1.165) is 88.9 Å². The van der Waals surface area contributed by atoms with E-state index >= 15 is 0 Å². The average molecular weight is 583 g/mol. The normalized spacial score (nSPS) is 19.0. The van der Waals surface area contributed by atoms with Gasteiger partial charge in [0.15, 0.2) is 5.69 Å². The molecule has 2 N–H and O–H groups in total. The second-order valence-electron chi connectivity index (χ2n) is 11.8. The van der Waals surface area contributed by atoms with Gasteiger partial charge >= 0.3 is 0 Å². The van der Waals surface area contributed by atoms with Crippen molar-refractivity contribution in [2.75, 3.05) is 54.0 Å². The monoisotopic (exact) mass is 582 g/mol. The summed E-state index contributed by atoms with van der Waals surface area (Å²) in [7, 11) is 5.42. The minimum Gasteiger partial charge on any atom is -0.496 e. The Morgan fingerprint density at radius 2 is 1.67 bits per heavy atom. The zero-order chi connectivity index (χ0) is 28.8. The Hall–Kier alpha value is -3.11. The number of piperazine rings is 1. The van der Waals surface area contributed by atoms with Gasteiger partial charge in [-0.1, -0.05) is 26.3 Å². The van der Waals surface area contributed by atoms with Crippen molar-refractivity contribution in [3.8, 4) is 22.8 Å². The highest BCUT2D eigenvalue weighted by Gasteiger charge is 2.29. The van der Waals surface area contributed by atoms with Crippen LogP contribution >= 0.6 is 0 Å². The summed E-state index contributed by atoms with van der Waals surface area (Å²) in [5, 5.41) is 11.2. The topological polar surface area (TPSA) is 101 Å². The fourth-order valence-electron chi connectivity index (χ4n) is 6.18. The van der Waals surface area contributed by atoms with Gasteiger partial charge in [0.05, 0.1) is 31.5 Å². The molecule has 5 rings (SSSR count). The third-order valence-corrected chi connectivity index (χ3v) is 8.95. The summed E-state index contributed by atoms with van der Waals surface area (Å²) in [5.74, 6) is 1.10. The molecule has 0 unspecified atom stereocenters. The van der Waals surface area contributed by atoms with Crippen LogP contribution in [0.4, 0.5) is 0 Å². The van der Waals surface area contributed by atoms with E-state index in [2.05, 4.69) is 27.5 Å². The van der Waals surface area contributed by atoms with Crippen LogP contribution in [0.2, 0.25) is 0 Å². The number of aromatic nitrogens is 2. The predicted octanol–water partition coefficient (Wildman–Crippen LogP) is 4.11. The number of benzene rings is 1. The number of nitrogens with zero attached hydrogens (tertiary/aromatic N) is 4. The van der Waals surface area contributed by atoms with Gasteiger partial charge in [0.2, 0.25) is 5.91 Å². The van der Waals surface area contributed by atoms with Crippen molar-refractivity contribution in [3.63, 3.8) is 0 Å². The molecular formula is C32H50N6O4. The molecule has 232 valence electrons. The summed E-state index contributed by atoms with van der Waals surface area (Å²) < 4.78 is 13.4. The van der Waals surface area contributed by atoms with E-state index in [4.69, 9.17) is 14.6 Å². The Labute approximate surface area is 251 Å². The molecule has 42 heavy (non-hydrogen) atoms. The van der Waals surface area contributed by atoms with Gasteiger partial charge in [-0.2, -0.15) is 5.10 Å². The Morgan fingerprint density at radius 3 is 2.26 bits per heavy atom. The van der Waals surface area contributed by atoms with Crippen LogP contribution < -0.4 is 20.1 Å². The molecule has 1 aromatic carbocycles. The molecule has 2 saturated carbocycles. The van der Waals surface area contributed by atoms with Crippen LogP contribution in [0.25, 0.3) is 11.3 Å². The Morgan fingerprint density at radius 1 is 1.00 bits per heavy atom. The number of carbonyl (C=O) groups excluding carboxylic acids is 2. The lowest BCUT2D eigenvalue weighted by Crippen LogP contribution is -2.47.